The number of carbonyl (C=O) groups is 1. The van der Waals surface area contributed by atoms with Crippen LogP contribution in [0, 0.1) is 0 Å². The van der Waals surface area contributed by atoms with E-state index >= 15 is 0 Å². The maximum absolute atomic E-state index is 13.1. The number of H-pyrrole nitrogens is 1. The van der Waals surface area contributed by atoms with E-state index in [0.29, 0.717) is 16.4 Å². The Hall–Kier alpha value is -3.51. The molecule has 2 aromatic heterocycles. The lowest BCUT2D eigenvalue weighted by molar-refractivity contribution is -0.137. The minimum absolute atomic E-state index is 0.201. The lowest BCUT2D eigenvalue weighted by Gasteiger charge is -2.13. The SMILES string of the molecule is Nn1c(SCC(=O)Nc2ccccc2C(F)(F)F)nnc1-c1cc(-c2ccc(Cl)cc2)n[nH]1. The smallest absolute Gasteiger partial charge is 0.335 e. The highest BCUT2D eigenvalue weighted by atomic mass is 35.5. The number of nitrogens with zero attached hydrogens (tertiary/aromatic N) is 4. The van der Waals surface area contributed by atoms with Crippen LogP contribution in [0.5, 0.6) is 0 Å². The van der Waals surface area contributed by atoms with Crippen molar-refractivity contribution in [3.05, 3.63) is 65.2 Å². The molecule has 0 aliphatic carbocycles. The molecule has 8 nitrogen and oxygen atoms in total. The van der Waals surface area contributed by atoms with Gasteiger partial charge in [0, 0.05) is 10.6 Å². The lowest BCUT2D eigenvalue weighted by atomic mass is 10.1. The minimum atomic E-state index is -4.59. The fraction of sp³-hybridized carbons (Fsp3) is 0.100. The monoisotopic (exact) mass is 493 g/mol. The molecule has 4 aromatic rings. The van der Waals surface area contributed by atoms with E-state index in [1.165, 1.54) is 22.9 Å². The molecule has 170 valence electrons. The molecule has 0 spiro atoms. The summed E-state index contributed by atoms with van der Waals surface area (Å²) >= 11 is 6.83. The third-order valence-corrected chi connectivity index (χ3v) is 5.66. The summed E-state index contributed by atoms with van der Waals surface area (Å²) in [6, 6.07) is 13.6. The number of aromatic amines is 1. The number of hydrogen-bond donors (Lipinski definition) is 3. The molecule has 0 saturated heterocycles. The molecule has 0 saturated carbocycles. The van der Waals surface area contributed by atoms with E-state index in [1.54, 1.807) is 18.2 Å². The van der Waals surface area contributed by atoms with Gasteiger partial charge < -0.3 is 11.2 Å². The average molecular weight is 494 g/mol. The van der Waals surface area contributed by atoms with Crippen molar-refractivity contribution in [2.45, 2.75) is 11.3 Å². The van der Waals surface area contributed by atoms with Crippen molar-refractivity contribution >= 4 is 35.0 Å². The highest BCUT2D eigenvalue weighted by molar-refractivity contribution is 7.99. The molecule has 0 aliphatic heterocycles. The highest BCUT2D eigenvalue weighted by Crippen LogP contribution is 2.34. The first kappa shape index (κ1) is 22.7. The van der Waals surface area contributed by atoms with Gasteiger partial charge in [0.15, 0.2) is 0 Å². The van der Waals surface area contributed by atoms with Crippen molar-refractivity contribution in [3.8, 4) is 22.8 Å². The fourth-order valence-corrected chi connectivity index (χ4v) is 3.70. The number of aromatic nitrogens is 5. The summed E-state index contributed by atoms with van der Waals surface area (Å²) in [6.07, 6.45) is -4.59. The van der Waals surface area contributed by atoms with E-state index in [-0.39, 0.29) is 22.4 Å². The number of nitrogens with two attached hydrogens (primary N) is 1. The van der Waals surface area contributed by atoms with Crippen LogP contribution in [0.1, 0.15) is 5.56 Å². The Balaban J connectivity index is 1.43. The number of amides is 1. The van der Waals surface area contributed by atoms with Gasteiger partial charge in [-0.3, -0.25) is 9.89 Å². The molecule has 33 heavy (non-hydrogen) atoms. The third-order valence-electron chi connectivity index (χ3n) is 4.46. The van der Waals surface area contributed by atoms with Crippen LogP contribution >= 0.6 is 23.4 Å². The maximum atomic E-state index is 13.1. The summed E-state index contributed by atoms with van der Waals surface area (Å²) in [4.78, 5) is 12.2. The molecule has 4 rings (SSSR count). The molecular formula is C20H15ClF3N7OS. The largest absolute Gasteiger partial charge is 0.418 e. The molecule has 0 bridgehead atoms. The van der Waals surface area contributed by atoms with Crippen molar-refractivity contribution in [1.29, 1.82) is 0 Å². The van der Waals surface area contributed by atoms with E-state index in [4.69, 9.17) is 17.4 Å². The summed E-state index contributed by atoms with van der Waals surface area (Å²) in [7, 11) is 0. The van der Waals surface area contributed by atoms with Crippen molar-refractivity contribution < 1.29 is 18.0 Å². The van der Waals surface area contributed by atoms with Gasteiger partial charge in [0.05, 0.1) is 22.7 Å². The van der Waals surface area contributed by atoms with Gasteiger partial charge in [0.25, 0.3) is 0 Å². The van der Waals surface area contributed by atoms with Gasteiger partial charge >= 0.3 is 6.18 Å². The molecule has 13 heteroatoms. The Morgan fingerprint density at radius 1 is 1.15 bits per heavy atom. The number of thioether (sulfide) groups is 1. The Bertz CT molecular complexity index is 1290. The normalized spacial score (nSPS) is 11.5. The van der Waals surface area contributed by atoms with Crippen LogP contribution in [0.4, 0.5) is 18.9 Å². The molecule has 0 radical (unpaired) electrons. The molecule has 2 aromatic carbocycles. The molecule has 4 N–H and O–H groups in total. The minimum Gasteiger partial charge on any atom is -0.335 e. The zero-order valence-corrected chi connectivity index (χ0v) is 18.2. The Morgan fingerprint density at radius 2 is 1.88 bits per heavy atom. The second kappa shape index (κ2) is 9.16. The van der Waals surface area contributed by atoms with Crippen LogP contribution in [0.25, 0.3) is 22.8 Å². The highest BCUT2D eigenvalue weighted by Gasteiger charge is 2.33. The zero-order chi connectivity index (χ0) is 23.6. The van der Waals surface area contributed by atoms with Crippen LogP contribution in [0.15, 0.2) is 59.8 Å². The van der Waals surface area contributed by atoms with E-state index in [0.717, 1.165) is 23.4 Å². The van der Waals surface area contributed by atoms with Crippen molar-refractivity contribution in [2.75, 3.05) is 16.9 Å². The first-order chi connectivity index (χ1) is 15.7. The predicted octanol–water partition coefficient (Wildman–Crippen LogP) is 4.45. The average Bonchev–Trinajstić information content (AvgIpc) is 3.39. The second-order valence-electron chi connectivity index (χ2n) is 6.73. The number of halogens is 4. The number of alkyl halides is 3. The summed E-state index contributed by atoms with van der Waals surface area (Å²) in [6.45, 7) is 0. The van der Waals surface area contributed by atoms with Gasteiger partial charge in [-0.05, 0) is 30.3 Å². The second-order valence-corrected chi connectivity index (χ2v) is 8.11. The first-order valence-electron chi connectivity index (χ1n) is 9.33. The fourth-order valence-electron chi connectivity index (χ4n) is 2.92. The van der Waals surface area contributed by atoms with Gasteiger partial charge in [0.2, 0.25) is 16.9 Å². The van der Waals surface area contributed by atoms with Crippen LogP contribution in [-0.4, -0.2) is 36.7 Å². The Morgan fingerprint density at radius 3 is 2.61 bits per heavy atom. The van der Waals surface area contributed by atoms with E-state index in [9.17, 15) is 18.0 Å². The number of hydrogen-bond acceptors (Lipinski definition) is 6. The van der Waals surface area contributed by atoms with Crippen LogP contribution in [-0.2, 0) is 11.0 Å². The molecule has 2 heterocycles. The predicted molar refractivity (Wildman–Crippen MR) is 119 cm³/mol. The molecule has 1 amide bonds. The van der Waals surface area contributed by atoms with Gasteiger partial charge in [-0.1, -0.05) is 47.6 Å². The van der Waals surface area contributed by atoms with E-state index in [2.05, 4.69) is 25.7 Å². The molecule has 0 fully saturated rings. The standard InChI is InChI=1S/C20H15ClF3N7OS/c21-12-7-5-11(6-8-12)15-9-16(28-27-15)18-29-30-19(31(18)25)33-10-17(32)26-14-4-2-1-3-13(14)20(22,23)24/h1-9H,10,25H2,(H,26,32)(H,27,28). The topological polar surface area (TPSA) is 115 Å². The van der Waals surface area contributed by atoms with E-state index < -0.39 is 17.6 Å². The number of rotatable bonds is 6. The Kier molecular flexibility index (Phi) is 6.29. The van der Waals surface area contributed by atoms with Crippen LogP contribution < -0.4 is 11.2 Å². The molecule has 0 atom stereocenters. The molecule has 0 aliphatic rings. The quantitative estimate of drug-likeness (QED) is 0.270. The first-order valence-corrected chi connectivity index (χ1v) is 10.7. The summed E-state index contributed by atoms with van der Waals surface area (Å²) in [5, 5.41) is 18.1. The summed E-state index contributed by atoms with van der Waals surface area (Å²) in [5.74, 6) is 5.45. The number of carbonyl (C=O) groups excluding carboxylic acids is 1. The van der Waals surface area contributed by atoms with Gasteiger partial charge in [-0.2, -0.15) is 18.3 Å². The van der Waals surface area contributed by atoms with Crippen LogP contribution in [0.3, 0.4) is 0 Å². The van der Waals surface area contributed by atoms with Crippen molar-refractivity contribution in [2.24, 2.45) is 0 Å². The number of nitrogen functional groups attached to an aromatic ring is 1. The van der Waals surface area contributed by atoms with Crippen molar-refractivity contribution in [1.82, 2.24) is 25.1 Å². The number of benzene rings is 2. The number of para-hydroxylation sites is 1. The lowest BCUT2D eigenvalue weighted by Crippen LogP contribution is -2.19. The van der Waals surface area contributed by atoms with Crippen LogP contribution in [0.2, 0.25) is 5.02 Å². The summed E-state index contributed by atoms with van der Waals surface area (Å²) in [5.41, 5.74) is 0.711. The Labute approximate surface area is 194 Å². The van der Waals surface area contributed by atoms with Crippen molar-refractivity contribution in [3.63, 3.8) is 0 Å². The number of nitrogens with one attached hydrogen (secondary N) is 2. The van der Waals surface area contributed by atoms with Gasteiger partial charge in [-0.25, -0.2) is 4.68 Å². The number of anilines is 1. The summed E-state index contributed by atoms with van der Waals surface area (Å²) < 4.78 is 40.4. The maximum Gasteiger partial charge on any atom is 0.418 e. The molecular weight excluding hydrogens is 479 g/mol. The zero-order valence-electron chi connectivity index (χ0n) is 16.6. The third kappa shape index (κ3) is 5.12. The van der Waals surface area contributed by atoms with E-state index in [1.807, 2.05) is 12.1 Å². The van der Waals surface area contributed by atoms with Gasteiger partial charge in [-0.15, -0.1) is 10.2 Å². The molecule has 0 unspecified atom stereocenters. The van der Waals surface area contributed by atoms with Gasteiger partial charge in [0.1, 0.15) is 5.69 Å².